The predicted octanol–water partition coefficient (Wildman–Crippen LogP) is 5.41. The number of nitrogens with zero attached hydrogens (tertiary/aromatic N) is 3. The van der Waals surface area contributed by atoms with E-state index in [-0.39, 0.29) is 5.91 Å². The molecule has 0 radical (unpaired) electrons. The number of aromatic nitrogens is 3. The lowest BCUT2D eigenvalue weighted by molar-refractivity contribution is -0.114. The van der Waals surface area contributed by atoms with Gasteiger partial charge in [-0.3, -0.25) is 4.79 Å². The predicted molar refractivity (Wildman–Crippen MR) is 137 cm³/mol. The highest BCUT2D eigenvalue weighted by atomic mass is 16.5. The van der Waals surface area contributed by atoms with Crippen molar-refractivity contribution in [3.05, 3.63) is 66.4 Å². The summed E-state index contributed by atoms with van der Waals surface area (Å²) in [6, 6.07) is 17.5. The third-order valence-corrected chi connectivity index (χ3v) is 5.11. The summed E-state index contributed by atoms with van der Waals surface area (Å²) in [6.07, 6.45) is 4.06. The van der Waals surface area contributed by atoms with Gasteiger partial charge >= 0.3 is 0 Å². The van der Waals surface area contributed by atoms with Crippen LogP contribution in [0.15, 0.2) is 60.8 Å². The van der Waals surface area contributed by atoms with Gasteiger partial charge in [0.15, 0.2) is 23.0 Å². The number of fused-ring (bicyclic) bond motifs is 1. The van der Waals surface area contributed by atoms with Crippen LogP contribution in [0.3, 0.4) is 0 Å². The highest BCUT2D eigenvalue weighted by molar-refractivity contribution is 5.88. The van der Waals surface area contributed by atoms with Gasteiger partial charge in [-0.05, 0) is 55.3 Å². The van der Waals surface area contributed by atoms with E-state index < -0.39 is 0 Å². The molecule has 0 saturated heterocycles. The molecule has 8 heteroatoms. The van der Waals surface area contributed by atoms with E-state index in [0.29, 0.717) is 23.0 Å². The first kappa shape index (κ1) is 25.6. The summed E-state index contributed by atoms with van der Waals surface area (Å²) in [5.41, 5.74) is 3.75. The minimum atomic E-state index is -0.180. The number of hydrogen-bond donors (Lipinski definition) is 1. The van der Waals surface area contributed by atoms with Gasteiger partial charge in [0.05, 0.1) is 26.5 Å². The molecular weight excluding hydrogens is 444 g/mol. The molecule has 1 N–H and O–H groups in total. The Kier molecular flexibility index (Phi) is 9.06. The molecule has 0 spiro atoms. The maximum absolute atomic E-state index is 11.2. The number of nitrogens with one attached hydrogen (secondary N) is 1. The number of ether oxygens (including phenoxy) is 3. The van der Waals surface area contributed by atoms with E-state index in [2.05, 4.69) is 34.5 Å². The summed E-state index contributed by atoms with van der Waals surface area (Å²) < 4.78 is 17.6. The van der Waals surface area contributed by atoms with Crippen LogP contribution in [0.4, 0.5) is 5.82 Å². The molecule has 4 aromatic rings. The van der Waals surface area contributed by atoms with Gasteiger partial charge in [0.2, 0.25) is 5.91 Å². The SMILES string of the molecule is CCCc1ccc(OCC)cc1.COc1ccc(-c2ccnc3cc(NC(C)=O)nn23)cc1OC. The molecule has 0 saturated carbocycles. The van der Waals surface area contributed by atoms with E-state index in [1.54, 1.807) is 31.0 Å². The van der Waals surface area contributed by atoms with Crippen LogP contribution in [0, 0.1) is 0 Å². The standard InChI is InChI=1S/C16H16N4O3.C11H16O/c1-10(21)18-15-9-16-17-7-6-12(20(16)19-15)11-4-5-13(22-2)14(8-11)23-3;1-3-5-10-6-8-11(9-7-10)12-4-2/h4-9H,1-3H3,(H,18,19,21);6-9H,3-5H2,1-2H3. The van der Waals surface area contributed by atoms with Gasteiger partial charge in [-0.1, -0.05) is 25.5 Å². The summed E-state index contributed by atoms with van der Waals surface area (Å²) in [5, 5.41) is 7.04. The van der Waals surface area contributed by atoms with Crippen LogP contribution in [-0.2, 0) is 11.2 Å². The summed E-state index contributed by atoms with van der Waals surface area (Å²) in [7, 11) is 3.18. The zero-order chi connectivity index (χ0) is 25.2. The lowest BCUT2D eigenvalue weighted by Gasteiger charge is -2.10. The Morgan fingerprint density at radius 1 is 0.971 bits per heavy atom. The highest BCUT2D eigenvalue weighted by Crippen LogP contribution is 2.32. The Labute approximate surface area is 205 Å². The Hall–Kier alpha value is -4.07. The molecule has 2 heterocycles. The summed E-state index contributed by atoms with van der Waals surface area (Å²) in [6.45, 7) is 6.37. The largest absolute Gasteiger partial charge is 0.494 e. The fourth-order valence-electron chi connectivity index (χ4n) is 3.56. The van der Waals surface area contributed by atoms with Gasteiger partial charge < -0.3 is 19.5 Å². The second-order valence-electron chi connectivity index (χ2n) is 7.71. The summed E-state index contributed by atoms with van der Waals surface area (Å²) >= 11 is 0. The lowest BCUT2D eigenvalue weighted by atomic mass is 10.1. The van der Waals surface area contributed by atoms with Crippen molar-refractivity contribution < 1.29 is 19.0 Å². The van der Waals surface area contributed by atoms with E-state index in [4.69, 9.17) is 14.2 Å². The van der Waals surface area contributed by atoms with Gasteiger partial charge in [0, 0.05) is 24.8 Å². The van der Waals surface area contributed by atoms with Crippen LogP contribution in [0.1, 0.15) is 32.8 Å². The first-order valence-corrected chi connectivity index (χ1v) is 11.6. The number of carbonyl (C=O) groups excluding carboxylic acids is 1. The highest BCUT2D eigenvalue weighted by Gasteiger charge is 2.12. The average molecular weight is 477 g/mol. The first-order chi connectivity index (χ1) is 17.0. The minimum absolute atomic E-state index is 0.180. The molecule has 0 aliphatic carbocycles. The molecule has 0 bridgehead atoms. The topological polar surface area (TPSA) is 87.0 Å². The Balaban J connectivity index is 0.000000241. The molecule has 8 nitrogen and oxygen atoms in total. The van der Waals surface area contributed by atoms with Gasteiger partial charge in [0.25, 0.3) is 0 Å². The molecule has 184 valence electrons. The minimum Gasteiger partial charge on any atom is -0.494 e. The third-order valence-electron chi connectivity index (χ3n) is 5.11. The molecular formula is C27H32N4O4. The van der Waals surface area contributed by atoms with E-state index in [9.17, 15) is 4.79 Å². The number of hydrogen-bond acceptors (Lipinski definition) is 6. The summed E-state index contributed by atoms with van der Waals surface area (Å²) in [4.78, 5) is 15.5. The van der Waals surface area contributed by atoms with E-state index >= 15 is 0 Å². The van der Waals surface area contributed by atoms with Gasteiger partial charge in [0.1, 0.15) is 5.75 Å². The smallest absolute Gasteiger partial charge is 0.222 e. The Morgan fingerprint density at radius 3 is 2.34 bits per heavy atom. The number of anilines is 1. The van der Waals surface area contributed by atoms with Crippen molar-refractivity contribution in [3.8, 4) is 28.5 Å². The number of benzene rings is 2. The second-order valence-corrected chi connectivity index (χ2v) is 7.71. The van der Waals surface area contributed by atoms with Crippen LogP contribution in [0.5, 0.6) is 17.2 Å². The Morgan fingerprint density at radius 2 is 1.71 bits per heavy atom. The molecule has 4 rings (SSSR count). The van der Waals surface area contributed by atoms with Crippen molar-refractivity contribution in [2.45, 2.75) is 33.6 Å². The molecule has 0 aliphatic rings. The van der Waals surface area contributed by atoms with Crippen molar-refractivity contribution in [2.75, 3.05) is 26.1 Å². The molecule has 2 aromatic carbocycles. The number of carbonyl (C=O) groups is 1. The summed E-state index contributed by atoms with van der Waals surface area (Å²) in [5.74, 6) is 2.53. The van der Waals surface area contributed by atoms with Gasteiger partial charge in [-0.15, -0.1) is 5.10 Å². The van der Waals surface area contributed by atoms with E-state index in [1.165, 1.54) is 18.9 Å². The molecule has 35 heavy (non-hydrogen) atoms. The molecule has 1 amide bonds. The number of rotatable bonds is 8. The quantitative estimate of drug-likeness (QED) is 0.366. The normalized spacial score (nSPS) is 10.3. The van der Waals surface area contributed by atoms with Crippen molar-refractivity contribution in [3.63, 3.8) is 0 Å². The van der Waals surface area contributed by atoms with Gasteiger partial charge in [-0.2, -0.15) is 0 Å². The Bertz CT molecular complexity index is 1230. The van der Waals surface area contributed by atoms with Crippen LogP contribution in [0.25, 0.3) is 16.9 Å². The van der Waals surface area contributed by atoms with Crippen molar-refractivity contribution in [1.82, 2.24) is 14.6 Å². The zero-order valence-corrected chi connectivity index (χ0v) is 20.9. The molecule has 0 aliphatic heterocycles. The molecule has 0 fully saturated rings. The zero-order valence-electron chi connectivity index (χ0n) is 20.9. The second kappa shape index (κ2) is 12.4. The maximum atomic E-state index is 11.2. The molecule has 0 unspecified atom stereocenters. The number of methoxy groups -OCH3 is 2. The number of aryl methyl sites for hydroxylation is 1. The van der Waals surface area contributed by atoms with Crippen molar-refractivity contribution >= 4 is 17.4 Å². The average Bonchev–Trinajstić information content (AvgIpc) is 3.27. The van der Waals surface area contributed by atoms with Crippen LogP contribution in [0.2, 0.25) is 0 Å². The maximum Gasteiger partial charge on any atom is 0.222 e. The van der Waals surface area contributed by atoms with Crippen LogP contribution in [-0.4, -0.2) is 41.3 Å². The van der Waals surface area contributed by atoms with E-state index in [0.717, 1.165) is 30.0 Å². The molecule has 2 aromatic heterocycles. The lowest BCUT2D eigenvalue weighted by Crippen LogP contribution is -2.06. The fourth-order valence-corrected chi connectivity index (χ4v) is 3.56. The van der Waals surface area contributed by atoms with Crippen molar-refractivity contribution in [1.29, 1.82) is 0 Å². The fraction of sp³-hybridized carbons (Fsp3) is 0.296. The van der Waals surface area contributed by atoms with Crippen LogP contribution >= 0.6 is 0 Å². The van der Waals surface area contributed by atoms with E-state index in [1.807, 2.05) is 43.3 Å². The monoisotopic (exact) mass is 476 g/mol. The van der Waals surface area contributed by atoms with Crippen molar-refractivity contribution in [2.24, 2.45) is 0 Å². The molecule has 0 atom stereocenters. The van der Waals surface area contributed by atoms with Gasteiger partial charge in [-0.25, -0.2) is 9.50 Å². The first-order valence-electron chi connectivity index (χ1n) is 11.6. The number of amides is 1. The van der Waals surface area contributed by atoms with Crippen LogP contribution < -0.4 is 19.5 Å². The third kappa shape index (κ3) is 6.72.